The molecule has 2 heterocycles. The number of hydrogen-bond acceptors (Lipinski definition) is 4. The number of anilines is 1. The minimum atomic E-state index is -0.556. The van der Waals surface area contributed by atoms with Crippen molar-refractivity contribution in [1.82, 2.24) is 10.3 Å². The number of carbonyl (C=O) groups excluding carboxylic acids is 3. The van der Waals surface area contributed by atoms with Crippen molar-refractivity contribution in [2.45, 2.75) is 39.5 Å². The van der Waals surface area contributed by atoms with E-state index < -0.39 is 5.41 Å². The summed E-state index contributed by atoms with van der Waals surface area (Å²) in [6.45, 7) is 6.21. The fourth-order valence-corrected chi connectivity index (χ4v) is 4.04. The van der Waals surface area contributed by atoms with E-state index in [2.05, 4.69) is 15.6 Å². The summed E-state index contributed by atoms with van der Waals surface area (Å²) in [5, 5.41) is 6.76. The molecule has 3 N–H and O–H groups in total. The summed E-state index contributed by atoms with van der Waals surface area (Å²) in [7, 11) is 0. The highest BCUT2D eigenvalue weighted by Crippen LogP contribution is 2.35. The van der Waals surface area contributed by atoms with Crippen molar-refractivity contribution in [2.75, 3.05) is 18.5 Å². The van der Waals surface area contributed by atoms with Gasteiger partial charge in [-0.1, -0.05) is 30.3 Å². The summed E-state index contributed by atoms with van der Waals surface area (Å²) in [5.41, 5.74) is 3.32. The monoisotopic (exact) mass is 447 g/mol. The predicted octanol–water partition coefficient (Wildman–Crippen LogP) is 4.16. The van der Waals surface area contributed by atoms with Crippen molar-refractivity contribution in [1.29, 1.82) is 0 Å². The second kappa shape index (κ2) is 9.10. The molecule has 0 radical (unpaired) electrons. The number of fused-ring (bicyclic) bond motifs is 3. The fraction of sp³-hybridized carbons (Fsp3) is 0.346. The number of aromatic nitrogens is 1. The maximum atomic E-state index is 12.5. The molecule has 1 atom stereocenters. The molecule has 2 aromatic carbocycles. The molecule has 3 aromatic rings. The van der Waals surface area contributed by atoms with Gasteiger partial charge in [0.15, 0.2) is 0 Å². The number of amides is 2. The molecule has 7 heteroatoms. The van der Waals surface area contributed by atoms with Crippen molar-refractivity contribution < 1.29 is 19.1 Å². The Morgan fingerprint density at radius 1 is 1.12 bits per heavy atom. The van der Waals surface area contributed by atoms with E-state index in [0.717, 1.165) is 22.0 Å². The lowest BCUT2D eigenvalue weighted by Gasteiger charge is -2.24. The average Bonchev–Trinajstić information content (AvgIpc) is 3.15. The normalized spacial score (nSPS) is 15.6. The summed E-state index contributed by atoms with van der Waals surface area (Å²) in [6.07, 6.45) is 0.876. The summed E-state index contributed by atoms with van der Waals surface area (Å²) < 4.78 is 5.45. The Balaban J connectivity index is 1.53. The zero-order valence-corrected chi connectivity index (χ0v) is 19.2. The average molecular weight is 448 g/mol. The van der Waals surface area contributed by atoms with Crippen LogP contribution in [0.2, 0.25) is 0 Å². The van der Waals surface area contributed by atoms with Gasteiger partial charge >= 0.3 is 5.97 Å². The molecule has 1 unspecified atom stereocenters. The number of rotatable bonds is 6. The molecule has 0 spiro atoms. The number of benzene rings is 2. The van der Waals surface area contributed by atoms with Crippen LogP contribution < -0.4 is 10.6 Å². The second-order valence-electron chi connectivity index (χ2n) is 9.47. The molecule has 0 saturated heterocycles. The van der Waals surface area contributed by atoms with Gasteiger partial charge in [0, 0.05) is 29.1 Å². The second-order valence-corrected chi connectivity index (χ2v) is 9.47. The van der Waals surface area contributed by atoms with E-state index in [1.165, 1.54) is 0 Å². The molecule has 0 saturated carbocycles. The molecular formula is C26H29N3O4. The molecule has 33 heavy (non-hydrogen) atoms. The van der Waals surface area contributed by atoms with Gasteiger partial charge in [0.1, 0.15) is 5.69 Å². The first-order valence-electron chi connectivity index (χ1n) is 11.2. The summed E-state index contributed by atoms with van der Waals surface area (Å²) >= 11 is 0. The van der Waals surface area contributed by atoms with Crippen molar-refractivity contribution in [3.63, 3.8) is 0 Å². The first-order valence-corrected chi connectivity index (χ1v) is 11.2. The van der Waals surface area contributed by atoms with Crippen molar-refractivity contribution in [3.05, 3.63) is 65.4 Å². The van der Waals surface area contributed by atoms with E-state index in [4.69, 9.17) is 4.74 Å². The summed E-state index contributed by atoms with van der Waals surface area (Å²) in [6, 6.07) is 15.2. The van der Waals surface area contributed by atoms with E-state index in [9.17, 15) is 14.4 Å². The highest BCUT2D eigenvalue weighted by atomic mass is 16.5. The highest BCUT2D eigenvalue weighted by molar-refractivity contribution is 6.04. The molecule has 4 rings (SSSR count). The number of ether oxygens (including phenoxy) is 1. The van der Waals surface area contributed by atoms with E-state index in [1.807, 2.05) is 69.3 Å². The third kappa shape index (κ3) is 5.08. The Morgan fingerprint density at radius 2 is 1.88 bits per heavy atom. The van der Waals surface area contributed by atoms with Crippen molar-refractivity contribution in [2.24, 2.45) is 5.41 Å². The number of carbonyl (C=O) groups is 3. The molecule has 1 aliphatic heterocycles. The molecule has 1 aromatic heterocycles. The highest BCUT2D eigenvalue weighted by Gasteiger charge is 2.30. The minimum Gasteiger partial charge on any atom is -0.465 e. The Kier molecular flexibility index (Phi) is 6.22. The third-order valence-electron chi connectivity index (χ3n) is 5.79. The molecule has 0 aliphatic carbocycles. The largest absolute Gasteiger partial charge is 0.465 e. The van der Waals surface area contributed by atoms with E-state index in [1.54, 1.807) is 0 Å². The number of H-pyrrole nitrogens is 1. The maximum absolute atomic E-state index is 12.5. The standard InChI is InChI=1S/C26H29N3O4/c1-26(2,3)25(32)33-12-11-17-15-27-24(31)23-22(17)19-14-18(9-10-20(19)29-23)28-21(30)13-16-7-5-4-6-8-16/h4-10,14,17,29H,11-13,15H2,1-3H3,(H,27,31)(H,28,30). The zero-order chi connectivity index (χ0) is 23.6. The van der Waals surface area contributed by atoms with Crippen LogP contribution >= 0.6 is 0 Å². The third-order valence-corrected chi connectivity index (χ3v) is 5.79. The molecule has 7 nitrogen and oxygen atoms in total. The molecule has 2 amide bonds. The lowest BCUT2D eigenvalue weighted by atomic mass is 9.90. The van der Waals surface area contributed by atoms with Gasteiger partial charge in [-0.3, -0.25) is 14.4 Å². The van der Waals surface area contributed by atoms with Crippen LogP contribution in [0.1, 0.15) is 54.7 Å². The van der Waals surface area contributed by atoms with E-state index in [-0.39, 0.29) is 36.7 Å². The smallest absolute Gasteiger partial charge is 0.311 e. The van der Waals surface area contributed by atoms with Gasteiger partial charge in [-0.25, -0.2) is 0 Å². The van der Waals surface area contributed by atoms with Gasteiger partial charge < -0.3 is 20.4 Å². The Morgan fingerprint density at radius 3 is 2.61 bits per heavy atom. The van der Waals surface area contributed by atoms with Gasteiger partial charge in [-0.2, -0.15) is 0 Å². The fourth-order valence-electron chi connectivity index (χ4n) is 4.04. The van der Waals surface area contributed by atoms with Crippen LogP contribution in [0.5, 0.6) is 0 Å². The Labute approximate surface area is 192 Å². The van der Waals surface area contributed by atoms with E-state index in [0.29, 0.717) is 24.3 Å². The van der Waals surface area contributed by atoms with Gasteiger partial charge in [0.25, 0.3) is 5.91 Å². The van der Waals surface area contributed by atoms with Crippen LogP contribution in [0, 0.1) is 5.41 Å². The van der Waals surface area contributed by atoms with Gasteiger partial charge in [0.2, 0.25) is 5.91 Å². The lowest BCUT2D eigenvalue weighted by Crippen LogP contribution is -2.35. The van der Waals surface area contributed by atoms with Crippen LogP contribution in [-0.4, -0.2) is 35.9 Å². The van der Waals surface area contributed by atoms with Crippen molar-refractivity contribution >= 4 is 34.4 Å². The van der Waals surface area contributed by atoms with E-state index >= 15 is 0 Å². The molecule has 1 aliphatic rings. The molecule has 0 bridgehead atoms. The Hall–Kier alpha value is -3.61. The number of aromatic amines is 1. The van der Waals surface area contributed by atoms with Crippen LogP contribution in [0.4, 0.5) is 5.69 Å². The number of hydrogen-bond donors (Lipinski definition) is 3. The zero-order valence-electron chi connectivity index (χ0n) is 19.2. The Bertz CT molecular complexity index is 1190. The molecule has 0 fully saturated rings. The quantitative estimate of drug-likeness (QED) is 0.494. The molecule has 172 valence electrons. The lowest BCUT2D eigenvalue weighted by molar-refractivity contribution is -0.153. The number of nitrogens with one attached hydrogen (secondary N) is 3. The maximum Gasteiger partial charge on any atom is 0.311 e. The SMILES string of the molecule is CC(C)(C)C(=O)OCCC1CNC(=O)c2[nH]c3ccc(NC(=O)Cc4ccccc4)cc3c21. The molecular weight excluding hydrogens is 418 g/mol. The van der Waals surface area contributed by atoms with Gasteiger partial charge in [-0.05, 0) is 56.5 Å². The first kappa shape index (κ1) is 22.6. The first-order chi connectivity index (χ1) is 15.7. The topological polar surface area (TPSA) is 100 Å². The summed E-state index contributed by atoms with van der Waals surface area (Å²) in [4.78, 5) is 40.3. The minimum absolute atomic E-state index is 0.00510. The van der Waals surface area contributed by atoms with Crippen LogP contribution in [-0.2, 0) is 20.7 Å². The van der Waals surface area contributed by atoms with Crippen molar-refractivity contribution in [3.8, 4) is 0 Å². The van der Waals surface area contributed by atoms with Crippen LogP contribution in [0.25, 0.3) is 10.9 Å². The van der Waals surface area contributed by atoms with Gasteiger partial charge in [-0.15, -0.1) is 0 Å². The summed E-state index contributed by atoms with van der Waals surface area (Å²) in [5.74, 6) is -0.508. The number of esters is 1. The predicted molar refractivity (Wildman–Crippen MR) is 127 cm³/mol. The van der Waals surface area contributed by atoms with Gasteiger partial charge in [0.05, 0.1) is 18.4 Å². The van der Waals surface area contributed by atoms with Crippen LogP contribution in [0.15, 0.2) is 48.5 Å². The van der Waals surface area contributed by atoms with Crippen LogP contribution in [0.3, 0.4) is 0 Å².